The average molecular weight is 510 g/mol. The number of nitrogens with zero attached hydrogens (tertiary/aromatic N) is 3. The predicted molar refractivity (Wildman–Crippen MR) is 145 cm³/mol. The van der Waals surface area contributed by atoms with Gasteiger partial charge in [-0.2, -0.15) is 4.31 Å². The molecule has 6 rings (SSSR count). The number of rotatable bonds is 5. The minimum absolute atomic E-state index is 0.213. The van der Waals surface area contributed by atoms with Gasteiger partial charge in [0.15, 0.2) is 0 Å². The summed E-state index contributed by atoms with van der Waals surface area (Å²) in [5.74, 6) is 0. The van der Waals surface area contributed by atoms with Crippen molar-refractivity contribution in [3.05, 3.63) is 114 Å². The summed E-state index contributed by atoms with van der Waals surface area (Å²) in [4.78, 5) is 9.52. The van der Waals surface area contributed by atoms with E-state index >= 15 is 0 Å². The Labute approximate surface area is 217 Å². The molecule has 1 atom stereocenters. The smallest absolute Gasteiger partial charge is 0.245 e. The predicted octanol–water partition coefficient (Wildman–Crippen LogP) is 5.60. The van der Waals surface area contributed by atoms with Gasteiger partial charge in [0.25, 0.3) is 0 Å². The van der Waals surface area contributed by atoms with E-state index in [2.05, 4.69) is 11.1 Å². The van der Waals surface area contributed by atoms with Crippen LogP contribution >= 0.6 is 0 Å². The van der Waals surface area contributed by atoms with Crippen molar-refractivity contribution in [2.24, 2.45) is 4.99 Å². The molecule has 0 saturated carbocycles. The van der Waals surface area contributed by atoms with Crippen molar-refractivity contribution in [3.63, 3.8) is 0 Å². The maximum Gasteiger partial charge on any atom is 0.245 e. The molecule has 0 bridgehead atoms. The highest BCUT2D eigenvalue weighted by molar-refractivity contribution is 7.89. The first-order valence-electron chi connectivity index (χ1n) is 12.4. The normalized spacial score (nSPS) is 18.5. The third-order valence-electron chi connectivity index (χ3n) is 6.95. The Hall–Kier alpha value is -3.65. The van der Waals surface area contributed by atoms with Gasteiger partial charge in [-0.25, -0.2) is 8.42 Å². The van der Waals surface area contributed by atoms with Crippen LogP contribution in [0.4, 0.5) is 0 Å². The Kier molecular flexibility index (Phi) is 6.42. The molecule has 1 aromatic heterocycles. The molecular formula is C30H27N3O3S. The Morgan fingerprint density at radius 3 is 2.54 bits per heavy atom. The van der Waals surface area contributed by atoms with Gasteiger partial charge in [0, 0.05) is 36.7 Å². The summed E-state index contributed by atoms with van der Waals surface area (Å²) >= 11 is 0. The lowest BCUT2D eigenvalue weighted by atomic mass is 10.0. The number of hydrogen-bond acceptors (Lipinski definition) is 5. The molecule has 186 valence electrons. The van der Waals surface area contributed by atoms with Crippen molar-refractivity contribution in [3.8, 4) is 0 Å². The van der Waals surface area contributed by atoms with Crippen molar-refractivity contribution in [1.29, 1.82) is 0 Å². The number of benzene rings is 3. The van der Waals surface area contributed by atoms with E-state index in [0.29, 0.717) is 25.0 Å². The van der Waals surface area contributed by atoms with Crippen LogP contribution in [0.15, 0.2) is 107 Å². The number of pyridine rings is 1. The number of hydrogen-bond donors (Lipinski definition) is 0. The standard InChI is InChI=1S/C30H27N3O3S/c34-37(35,29-14-6-12-23-13-7-17-31-30(23)29)33-19-24-10-4-5-11-25(24)20-36-21-27(33)18-26-15-16-28(32-26)22-8-2-1-3-9-22/h1-14,16-17,27H,15,18-21H2/t27-/m1/s1. The topological polar surface area (TPSA) is 71.9 Å². The van der Waals surface area contributed by atoms with Crippen LogP contribution in [-0.2, 0) is 27.9 Å². The first-order valence-corrected chi connectivity index (χ1v) is 13.9. The average Bonchev–Trinajstić information content (AvgIpc) is 3.39. The lowest BCUT2D eigenvalue weighted by molar-refractivity contribution is 0.0696. The maximum absolute atomic E-state index is 14.3. The number of aromatic nitrogens is 1. The summed E-state index contributed by atoms with van der Waals surface area (Å²) < 4.78 is 36.3. The second kappa shape index (κ2) is 10.0. The number of fused-ring (bicyclic) bond motifs is 2. The zero-order valence-electron chi connectivity index (χ0n) is 20.3. The molecule has 6 nitrogen and oxygen atoms in total. The van der Waals surface area contributed by atoms with Crippen LogP contribution in [0.5, 0.6) is 0 Å². The monoisotopic (exact) mass is 509 g/mol. The van der Waals surface area contributed by atoms with Gasteiger partial charge >= 0.3 is 0 Å². The Morgan fingerprint density at radius 2 is 1.68 bits per heavy atom. The van der Waals surface area contributed by atoms with Crippen molar-refractivity contribution >= 4 is 32.3 Å². The van der Waals surface area contributed by atoms with Gasteiger partial charge in [-0.15, -0.1) is 0 Å². The fourth-order valence-electron chi connectivity index (χ4n) is 5.06. The largest absolute Gasteiger partial charge is 0.375 e. The minimum atomic E-state index is -3.91. The summed E-state index contributed by atoms with van der Waals surface area (Å²) in [5.41, 5.74) is 5.37. The summed E-state index contributed by atoms with van der Waals surface area (Å²) in [6, 6.07) is 26.5. The third-order valence-corrected chi connectivity index (χ3v) is 8.88. The molecule has 2 aliphatic rings. The van der Waals surface area contributed by atoms with Crippen LogP contribution in [0.1, 0.15) is 29.5 Å². The molecule has 37 heavy (non-hydrogen) atoms. The fraction of sp³-hybridized carbons (Fsp3) is 0.200. The quantitative estimate of drug-likeness (QED) is 0.351. The highest BCUT2D eigenvalue weighted by Crippen LogP contribution is 2.31. The van der Waals surface area contributed by atoms with Gasteiger partial charge in [-0.05, 0) is 28.8 Å². The van der Waals surface area contributed by atoms with Crippen LogP contribution in [0, 0.1) is 0 Å². The number of para-hydroxylation sites is 1. The summed E-state index contributed by atoms with van der Waals surface area (Å²) in [5, 5.41) is 0.792. The Balaban J connectivity index is 1.39. The van der Waals surface area contributed by atoms with E-state index in [1.165, 1.54) is 0 Å². The summed E-state index contributed by atoms with van der Waals surface area (Å²) in [6.45, 7) is 1.00. The summed E-state index contributed by atoms with van der Waals surface area (Å²) in [7, 11) is -3.91. The molecule has 0 aliphatic carbocycles. The third kappa shape index (κ3) is 4.73. The van der Waals surface area contributed by atoms with Gasteiger partial charge in [0.05, 0.1) is 30.5 Å². The molecule has 3 aromatic carbocycles. The molecule has 0 amide bonds. The Morgan fingerprint density at radius 1 is 0.892 bits per heavy atom. The van der Waals surface area contributed by atoms with Crippen LogP contribution in [0.25, 0.3) is 16.6 Å². The molecule has 0 spiro atoms. The number of sulfonamides is 1. The Bertz CT molecular complexity index is 1610. The molecule has 0 unspecified atom stereocenters. The van der Waals surface area contributed by atoms with Crippen LogP contribution in [0.2, 0.25) is 0 Å². The molecular weight excluding hydrogens is 482 g/mol. The van der Waals surface area contributed by atoms with Crippen molar-refractivity contribution in [2.45, 2.75) is 36.9 Å². The highest BCUT2D eigenvalue weighted by Gasteiger charge is 2.36. The molecule has 0 fully saturated rings. The SMILES string of the molecule is O=S(=O)(c1cccc2cccnc12)N1Cc2ccccc2COC[C@H]1CC1=NC(c2ccccc2)=CC1. The van der Waals surface area contributed by atoms with Crippen molar-refractivity contribution in [2.75, 3.05) is 6.61 Å². The highest BCUT2D eigenvalue weighted by atomic mass is 32.2. The van der Waals surface area contributed by atoms with E-state index in [0.717, 1.165) is 33.5 Å². The lowest BCUT2D eigenvalue weighted by Gasteiger charge is -2.33. The zero-order valence-corrected chi connectivity index (χ0v) is 21.1. The molecule has 7 heteroatoms. The van der Waals surface area contributed by atoms with Crippen molar-refractivity contribution in [1.82, 2.24) is 9.29 Å². The summed E-state index contributed by atoms with van der Waals surface area (Å²) in [6.07, 6.45) is 4.93. The van der Waals surface area contributed by atoms with Gasteiger partial charge in [-0.3, -0.25) is 9.98 Å². The van der Waals surface area contributed by atoms with Gasteiger partial charge in [-0.1, -0.05) is 78.9 Å². The molecule has 4 aromatic rings. The van der Waals surface area contributed by atoms with Crippen LogP contribution in [-0.4, -0.2) is 36.1 Å². The van der Waals surface area contributed by atoms with E-state index < -0.39 is 16.1 Å². The van der Waals surface area contributed by atoms with E-state index in [9.17, 15) is 8.42 Å². The van der Waals surface area contributed by atoms with Gasteiger partial charge in [0.1, 0.15) is 4.90 Å². The zero-order chi connectivity index (χ0) is 25.2. The maximum atomic E-state index is 14.3. The van der Waals surface area contributed by atoms with E-state index in [1.807, 2.05) is 72.8 Å². The van der Waals surface area contributed by atoms with Crippen LogP contribution in [0.3, 0.4) is 0 Å². The number of allylic oxidation sites excluding steroid dienone is 1. The second-order valence-corrected chi connectivity index (χ2v) is 11.2. The minimum Gasteiger partial charge on any atom is -0.375 e. The number of aliphatic imine (C=N–C) groups is 1. The molecule has 2 aliphatic heterocycles. The molecule has 0 N–H and O–H groups in total. The van der Waals surface area contributed by atoms with E-state index in [-0.39, 0.29) is 18.0 Å². The molecule has 0 radical (unpaired) electrons. The van der Waals surface area contributed by atoms with E-state index in [1.54, 1.807) is 22.6 Å². The van der Waals surface area contributed by atoms with Gasteiger partial charge < -0.3 is 4.74 Å². The second-order valence-electron chi connectivity index (χ2n) is 9.36. The van der Waals surface area contributed by atoms with Gasteiger partial charge in [0.2, 0.25) is 10.0 Å². The number of ether oxygens (including phenoxy) is 1. The van der Waals surface area contributed by atoms with Crippen LogP contribution < -0.4 is 0 Å². The molecule has 0 saturated heterocycles. The first kappa shape index (κ1) is 23.7. The fourth-order valence-corrected chi connectivity index (χ4v) is 6.81. The van der Waals surface area contributed by atoms with Crippen molar-refractivity contribution < 1.29 is 13.2 Å². The lowest BCUT2D eigenvalue weighted by Crippen LogP contribution is -2.44. The first-order chi connectivity index (χ1) is 18.1. The molecule has 3 heterocycles. The van der Waals surface area contributed by atoms with E-state index in [4.69, 9.17) is 9.73 Å².